The Morgan fingerprint density at radius 2 is 1.65 bits per heavy atom. The molecule has 0 N–H and O–H groups in total. The highest BCUT2D eigenvalue weighted by atomic mass is 35.5. The first-order valence-electron chi connectivity index (χ1n) is 10.1. The molecule has 1 heterocycles. The molecule has 3 rings (SSSR count). The van der Waals surface area contributed by atoms with Crippen LogP contribution in [0.3, 0.4) is 0 Å². The van der Waals surface area contributed by atoms with Gasteiger partial charge in [0, 0.05) is 11.8 Å². The topological polar surface area (TPSA) is 12.9 Å². The molecule has 1 aliphatic carbocycles. The zero-order valence-electron chi connectivity index (χ0n) is 15.7. The standard InChI is InChI=1S/C23H29Cl2N/c1-2-3-4-5-6-17-7-9-18(10-8-17)19-11-13-20(14-12-19)21-15-22(24)23(25)26-16-21/h11-18H,2-10H2,1H3. The molecule has 0 aliphatic heterocycles. The number of unbranched alkanes of at least 4 members (excludes halogenated alkanes) is 3. The minimum absolute atomic E-state index is 0.360. The second-order valence-electron chi connectivity index (χ2n) is 7.69. The number of pyridine rings is 1. The van der Waals surface area contributed by atoms with Crippen molar-refractivity contribution < 1.29 is 0 Å². The van der Waals surface area contributed by atoms with E-state index in [9.17, 15) is 0 Å². The predicted molar refractivity (Wildman–Crippen MR) is 113 cm³/mol. The molecule has 26 heavy (non-hydrogen) atoms. The first-order chi connectivity index (χ1) is 12.7. The number of hydrogen-bond acceptors (Lipinski definition) is 1. The van der Waals surface area contributed by atoms with Crippen molar-refractivity contribution in [1.29, 1.82) is 0 Å². The highest BCUT2D eigenvalue weighted by molar-refractivity contribution is 6.41. The Balaban J connectivity index is 1.54. The Kier molecular flexibility index (Phi) is 7.40. The van der Waals surface area contributed by atoms with Gasteiger partial charge in [0.2, 0.25) is 0 Å². The lowest BCUT2D eigenvalue weighted by atomic mass is 9.77. The number of rotatable bonds is 7. The molecule has 0 unspecified atom stereocenters. The summed E-state index contributed by atoms with van der Waals surface area (Å²) in [6.45, 7) is 2.29. The smallest absolute Gasteiger partial charge is 0.147 e. The molecule has 1 nitrogen and oxygen atoms in total. The normalized spacial score (nSPS) is 20.3. The van der Waals surface area contributed by atoms with Crippen LogP contribution in [-0.4, -0.2) is 4.98 Å². The van der Waals surface area contributed by atoms with Crippen molar-refractivity contribution in [2.45, 2.75) is 70.6 Å². The van der Waals surface area contributed by atoms with E-state index in [2.05, 4.69) is 36.2 Å². The Morgan fingerprint density at radius 3 is 2.31 bits per heavy atom. The van der Waals surface area contributed by atoms with Crippen LogP contribution in [0, 0.1) is 5.92 Å². The second-order valence-corrected chi connectivity index (χ2v) is 8.45. The monoisotopic (exact) mass is 389 g/mol. The Bertz CT molecular complexity index is 688. The number of nitrogens with zero attached hydrogens (tertiary/aromatic N) is 1. The van der Waals surface area contributed by atoms with E-state index in [0.29, 0.717) is 10.2 Å². The van der Waals surface area contributed by atoms with E-state index in [4.69, 9.17) is 23.2 Å². The highest BCUT2D eigenvalue weighted by Gasteiger charge is 2.22. The molecule has 0 spiro atoms. The van der Waals surface area contributed by atoms with Crippen LogP contribution in [0.5, 0.6) is 0 Å². The van der Waals surface area contributed by atoms with E-state index in [1.54, 1.807) is 6.20 Å². The summed E-state index contributed by atoms with van der Waals surface area (Å²) in [6.07, 6.45) is 14.3. The molecule has 140 valence electrons. The van der Waals surface area contributed by atoms with Gasteiger partial charge < -0.3 is 0 Å². The van der Waals surface area contributed by atoms with Crippen LogP contribution in [0.1, 0.15) is 76.2 Å². The van der Waals surface area contributed by atoms with Crippen LogP contribution in [-0.2, 0) is 0 Å². The van der Waals surface area contributed by atoms with E-state index >= 15 is 0 Å². The van der Waals surface area contributed by atoms with Crippen LogP contribution in [0.25, 0.3) is 11.1 Å². The number of hydrogen-bond donors (Lipinski definition) is 0. The van der Waals surface area contributed by atoms with Gasteiger partial charge in [-0.1, -0.05) is 86.5 Å². The molecule has 3 heteroatoms. The maximum Gasteiger partial charge on any atom is 0.147 e. The molecule has 1 aliphatic rings. The molecule has 1 aromatic carbocycles. The first kappa shape index (κ1) is 19.7. The van der Waals surface area contributed by atoms with Crippen LogP contribution >= 0.6 is 23.2 Å². The van der Waals surface area contributed by atoms with E-state index in [0.717, 1.165) is 23.0 Å². The largest absolute Gasteiger partial charge is 0.242 e. The first-order valence-corrected chi connectivity index (χ1v) is 10.8. The zero-order valence-corrected chi connectivity index (χ0v) is 17.2. The van der Waals surface area contributed by atoms with Crippen molar-refractivity contribution in [3.63, 3.8) is 0 Å². The van der Waals surface area contributed by atoms with Crippen molar-refractivity contribution in [3.05, 3.63) is 52.3 Å². The third kappa shape index (κ3) is 5.24. The summed E-state index contributed by atoms with van der Waals surface area (Å²) in [6, 6.07) is 10.8. The minimum Gasteiger partial charge on any atom is -0.242 e. The van der Waals surface area contributed by atoms with Crippen LogP contribution < -0.4 is 0 Å². The third-order valence-corrected chi connectivity index (χ3v) is 6.51. The van der Waals surface area contributed by atoms with E-state index < -0.39 is 0 Å². The molecule has 0 atom stereocenters. The second kappa shape index (κ2) is 9.76. The van der Waals surface area contributed by atoms with Gasteiger partial charge in [-0.15, -0.1) is 0 Å². The van der Waals surface area contributed by atoms with Crippen molar-refractivity contribution in [2.24, 2.45) is 5.92 Å². The van der Waals surface area contributed by atoms with Gasteiger partial charge in [-0.2, -0.15) is 0 Å². The van der Waals surface area contributed by atoms with Gasteiger partial charge in [0.15, 0.2) is 0 Å². The average Bonchev–Trinajstić information content (AvgIpc) is 2.68. The zero-order chi connectivity index (χ0) is 18.4. The van der Waals surface area contributed by atoms with E-state index in [1.165, 1.54) is 63.4 Å². The molecule has 0 radical (unpaired) electrons. The van der Waals surface area contributed by atoms with Crippen molar-refractivity contribution in [2.75, 3.05) is 0 Å². The summed E-state index contributed by atoms with van der Waals surface area (Å²) >= 11 is 12.0. The summed E-state index contributed by atoms with van der Waals surface area (Å²) < 4.78 is 0. The van der Waals surface area contributed by atoms with Crippen LogP contribution in [0.2, 0.25) is 10.2 Å². The molecule has 0 saturated heterocycles. The number of halogens is 2. The Labute approximate surface area is 168 Å². The molecule has 1 saturated carbocycles. The molecular weight excluding hydrogens is 361 g/mol. The third-order valence-electron chi connectivity index (χ3n) is 5.82. The Hall–Kier alpha value is -1.05. The van der Waals surface area contributed by atoms with Gasteiger partial charge in [-0.3, -0.25) is 0 Å². The van der Waals surface area contributed by atoms with Gasteiger partial charge in [0.25, 0.3) is 0 Å². The molecule has 2 aromatic rings. The maximum atomic E-state index is 6.09. The van der Waals surface area contributed by atoms with Crippen molar-refractivity contribution >= 4 is 23.2 Å². The van der Waals surface area contributed by atoms with Gasteiger partial charge in [-0.25, -0.2) is 4.98 Å². The summed E-state index contributed by atoms with van der Waals surface area (Å²) in [5.74, 6) is 1.69. The fourth-order valence-electron chi connectivity index (χ4n) is 4.17. The summed E-state index contributed by atoms with van der Waals surface area (Å²) in [7, 11) is 0. The van der Waals surface area contributed by atoms with Crippen LogP contribution in [0.15, 0.2) is 36.5 Å². The number of benzene rings is 1. The van der Waals surface area contributed by atoms with Gasteiger partial charge in [-0.05, 0) is 54.7 Å². The maximum absolute atomic E-state index is 6.09. The van der Waals surface area contributed by atoms with Crippen molar-refractivity contribution in [3.8, 4) is 11.1 Å². The van der Waals surface area contributed by atoms with Gasteiger partial charge >= 0.3 is 0 Å². The van der Waals surface area contributed by atoms with E-state index in [-0.39, 0.29) is 0 Å². The fraction of sp³-hybridized carbons (Fsp3) is 0.522. The summed E-state index contributed by atoms with van der Waals surface area (Å²) in [5.41, 5.74) is 3.64. The lowest BCUT2D eigenvalue weighted by Gasteiger charge is -2.29. The Morgan fingerprint density at radius 1 is 0.923 bits per heavy atom. The fourth-order valence-corrected chi connectivity index (χ4v) is 4.44. The summed E-state index contributed by atoms with van der Waals surface area (Å²) in [5, 5.41) is 0.865. The van der Waals surface area contributed by atoms with Crippen molar-refractivity contribution in [1.82, 2.24) is 4.98 Å². The summed E-state index contributed by atoms with van der Waals surface area (Å²) in [4.78, 5) is 4.15. The molecule has 0 bridgehead atoms. The lowest BCUT2D eigenvalue weighted by Crippen LogP contribution is -2.13. The highest BCUT2D eigenvalue weighted by Crippen LogP contribution is 2.38. The molecule has 1 aromatic heterocycles. The molecular formula is C23H29Cl2N. The van der Waals surface area contributed by atoms with Gasteiger partial charge in [0.1, 0.15) is 5.15 Å². The minimum atomic E-state index is 0.360. The van der Waals surface area contributed by atoms with Gasteiger partial charge in [0.05, 0.1) is 5.02 Å². The average molecular weight is 390 g/mol. The lowest BCUT2D eigenvalue weighted by molar-refractivity contribution is 0.302. The SMILES string of the molecule is CCCCCCC1CCC(c2ccc(-c3cnc(Cl)c(Cl)c3)cc2)CC1. The molecule has 1 fully saturated rings. The van der Waals surface area contributed by atoms with Crippen LogP contribution in [0.4, 0.5) is 0 Å². The van der Waals surface area contributed by atoms with E-state index in [1.807, 2.05) is 6.07 Å². The number of aromatic nitrogens is 1. The predicted octanol–water partition coefficient (Wildman–Crippen LogP) is 8.30. The quantitative estimate of drug-likeness (QED) is 0.342. The molecule has 0 amide bonds.